The van der Waals surface area contributed by atoms with Crippen LogP contribution in [0.4, 0.5) is 21.9 Å². The van der Waals surface area contributed by atoms with Crippen molar-refractivity contribution in [1.29, 1.82) is 0 Å². The first kappa shape index (κ1) is 18.1. The summed E-state index contributed by atoms with van der Waals surface area (Å²) in [6.45, 7) is 4.26. The summed E-state index contributed by atoms with van der Waals surface area (Å²) in [5, 5.41) is 6.31. The molecule has 136 valence electrons. The molecule has 7 heteroatoms. The molecule has 0 radical (unpaired) electrons. The van der Waals surface area contributed by atoms with Crippen LogP contribution in [0.5, 0.6) is 0 Å². The maximum absolute atomic E-state index is 12.5. The van der Waals surface area contributed by atoms with E-state index >= 15 is 0 Å². The first-order valence-corrected chi connectivity index (χ1v) is 8.83. The topological polar surface area (TPSA) is 64.7 Å². The van der Waals surface area contributed by atoms with Gasteiger partial charge in [0.1, 0.15) is 0 Å². The molecule has 1 heterocycles. The van der Waals surface area contributed by atoms with E-state index in [2.05, 4.69) is 15.5 Å². The van der Waals surface area contributed by atoms with E-state index in [0.717, 1.165) is 18.8 Å². The first-order valence-electron chi connectivity index (χ1n) is 8.45. The van der Waals surface area contributed by atoms with E-state index in [-0.39, 0.29) is 11.9 Å². The van der Waals surface area contributed by atoms with Crippen molar-refractivity contribution in [3.05, 3.63) is 53.6 Å². The zero-order chi connectivity index (χ0) is 18.5. The summed E-state index contributed by atoms with van der Waals surface area (Å²) in [5.74, 6) is -0.146. The molecular formula is C19H21ClN4O2. The molecule has 0 bridgehead atoms. The summed E-state index contributed by atoms with van der Waals surface area (Å²) in [5.41, 5.74) is 2.42. The van der Waals surface area contributed by atoms with Crippen molar-refractivity contribution in [1.82, 2.24) is 4.90 Å². The Balaban J connectivity index is 1.55. The zero-order valence-electron chi connectivity index (χ0n) is 14.5. The molecule has 2 aromatic rings. The second-order valence-corrected chi connectivity index (χ2v) is 6.58. The number of urea groups is 1. The minimum atomic E-state index is -0.146. The minimum Gasteiger partial charge on any atom is -0.368 e. The highest BCUT2D eigenvalue weighted by Gasteiger charge is 2.21. The highest BCUT2D eigenvalue weighted by Crippen LogP contribution is 2.20. The molecule has 2 aromatic carbocycles. The largest absolute Gasteiger partial charge is 0.368 e. The number of hydrogen-bond donors (Lipinski definition) is 2. The van der Waals surface area contributed by atoms with Gasteiger partial charge in [-0.25, -0.2) is 4.79 Å². The third-order valence-electron chi connectivity index (χ3n) is 4.19. The van der Waals surface area contributed by atoms with Crippen LogP contribution in [0.15, 0.2) is 48.5 Å². The van der Waals surface area contributed by atoms with Crippen molar-refractivity contribution in [2.45, 2.75) is 6.92 Å². The van der Waals surface area contributed by atoms with E-state index < -0.39 is 0 Å². The Morgan fingerprint density at radius 2 is 1.54 bits per heavy atom. The van der Waals surface area contributed by atoms with Crippen molar-refractivity contribution >= 4 is 40.6 Å². The van der Waals surface area contributed by atoms with Gasteiger partial charge in [-0.05, 0) is 42.5 Å². The van der Waals surface area contributed by atoms with Gasteiger partial charge in [-0.2, -0.15) is 0 Å². The zero-order valence-corrected chi connectivity index (χ0v) is 15.3. The number of piperazine rings is 1. The predicted molar refractivity (Wildman–Crippen MR) is 105 cm³/mol. The second-order valence-electron chi connectivity index (χ2n) is 6.14. The standard InChI is InChI=1S/C19H21ClN4O2/c1-14(25)21-16-3-2-4-17(13-16)22-19(26)24-11-9-23(10-12-24)18-7-5-15(20)6-8-18/h2-8,13H,9-12H2,1H3,(H,21,25)(H,22,26). The SMILES string of the molecule is CC(=O)Nc1cccc(NC(=O)N2CCN(c3ccc(Cl)cc3)CC2)c1. The minimum absolute atomic E-state index is 0.138. The van der Waals surface area contributed by atoms with Gasteiger partial charge in [0.25, 0.3) is 0 Å². The number of hydrogen-bond acceptors (Lipinski definition) is 3. The highest BCUT2D eigenvalue weighted by atomic mass is 35.5. The van der Waals surface area contributed by atoms with E-state index in [1.807, 2.05) is 24.3 Å². The fourth-order valence-corrected chi connectivity index (χ4v) is 3.03. The molecule has 1 aliphatic heterocycles. The molecule has 0 atom stereocenters. The molecule has 6 nitrogen and oxygen atoms in total. The Labute approximate surface area is 157 Å². The van der Waals surface area contributed by atoms with Crippen molar-refractivity contribution in [3.8, 4) is 0 Å². The lowest BCUT2D eigenvalue weighted by atomic mass is 10.2. The summed E-state index contributed by atoms with van der Waals surface area (Å²) >= 11 is 5.93. The van der Waals surface area contributed by atoms with Crippen LogP contribution < -0.4 is 15.5 Å². The second kappa shape index (κ2) is 8.10. The molecule has 1 saturated heterocycles. The summed E-state index contributed by atoms with van der Waals surface area (Å²) in [4.78, 5) is 27.6. The number of nitrogens with one attached hydrogen (secondary N) is 2. The Hall–Kier alpha value is -2.73. The van der Waals surface area contributed by atoms with Crippen LogP contribution in [-0.2, 0) is 4.79 Å². The van der Waals surface area contributed by atoms with Crippen LogP contribution in [0.25, 0.3) is 0 Å². The molecule has 0 saturated carbocycles. The van der Waals surface area contributed by atoms with Crippen LogP contribution in [0.2, 0.25) is 5.02 Å². The number of halogens is 1. The predicted octanol–water partition coefficient (Wildman–Crippen LogP) is 3.65. The average molecular weight is 373 g/mol. The number of amides is 3. The first-order chi connectivity index (χ1) is 12.5. The molecule has 0 spiro atoms. The van der Waals surface area contributed by atoms with Crippen LogP contribution in [-0.4, -0.2) is 43.0 Å². The molecule has 3 amide bonds. The van der Waals surface area contributed by atoms with Crippen LogP contribution in [0.3, 0.4) is 0 Å². The molecule has 0 aromatic heterocycles. The van der Waals surface area contributed by atoms with Crippen molar-refractivity contribution < 1.29 is 9.59 Å². The Bertz CT molecular complexity index is 786. The van der Waals surface area contributed by atoms with Crippen LogP contribution in [0, 0.1) is 0 Å². The fourth-order valence-electron chi connectivity index (χ4n) is 2.90. The number of benzene rings is 2. The van der Waals surface area contributed by atoms with Crippen LogP contribution >= 0.6 is 11.6 Å². The summed E-state index contributed by atoms with van der Waals surface area (Å²) in [6, 6.07) is 14.7. The molecule has 1 fully saturated rings. The van der Waals surface area contributed by atoms with Gasteiger partial charge >= 0.3 is 6.03 Å². The third-order valence-corrected chi connectivity index (χ3v) is 4.44. The average Bonchev–Trinajstić information content (AvgIpc) is 2.62. The van der Waals surface area contributed by atoms with E-state index in [9.17, 15) is 9.59 Å². The van der Waals surface area contributed by atoms with Gasteiger partial charge in [0, 0.05) is 55.2 Å². The Kier molecular flexibility index (Phi) is 5.63. The number of carbonyl (C=O) groups is 2. The third kappa shape index (κ3) is 4.67. The molecule has 0 unspecified atom stereocenters. The summed E-state index contributed by atoms with van der Waals surface area (Å²) < 4.78 is 0. The lowest BCUT2D eigenvalue weighted by Crippen LogP contribution is -2.50. The van der Waals surface area contributed by atoms with Crippen molar-refractivity contribution in [2.24, 2.45) is 0 Å². The number of rotatable bonds is 3. The van der Waals surface area contributed by atoms with E-state index in [1.54, 1.807) is 29.2 Å². The quantitative estimate of drug-likeness (QED) is 0.864. The number of nitrogens with zero attached hydrogens (tertiary/aromatic N) is 2. The van der Waals surface area contributed by atoms with Crippen LogP contribution in [0.1, 0.15) is 6.92 Å². The lowest BCUT2D eigenvalue weighted by Gasteiger charge is -2.36. The monoisotopic (exact) mass is 372 g/mol. The van der Waals surface area contributed by atoms with Gasteiger partial charge in [-0.15, -0.1) is 0 Å². The lowest BCUT2D eigenvalue weighted by molar-refractivity contribution is -0.114. The number of anilines is 3. The normalized spacial score (nSPS) is 14.1. The molecule has 26 heavy (non-hydrogen) atoms. The van der Waals surface area contributed by atoms with Gasteiger partial charge in [0.2, 0.25) is 5.91 Å². The maximum Gasteiger partial charge on any atom is 0.321 e. The molecular weight excluding hydrogens is 352 g/mol. The smallest absolute Gasteiger partial charge is 0.321 e. The molecule has 2 N–H and O–H groups in total. The van der Waals surface area contributed by atoms with E-state index in [1.165, 1.54) is 6.92 Å². The van der Waals surface area contributed by atoms with Crippen molar-refractivity contribution in [2.75, 3.05) is 41.7 Å². The van der Waals surface area contributed by atoms with Crippen molar-refractivity contribution in [3.63, 3.8) is 0 Å². The van der Waals surface area contributed by atoms with Gasteiger partial charge in [-0.1, -0.05) is 17.7 Å². The number of carbonyl (C=O) groups excluding carboxylic acids is 2. The summed E-state index contributed by atoms with van der Waals surface area (Å²) in [6.07, 6.45) is 0. The van der Waals surface area contributed by atoms with Gasteiger partial charge < -0.3 is 20.4 Å². The van der Waals surface area contributed by atoms with E-state index in [4.69, 9.17) is 11.6 Å². The van der Waals surface area contributed by atoms with Gasteiger partial charge in [0.15, 0.2) is 0 Å². The van der Waals surface area contributed by atoms with E-state index in [0.29, 0.717) is 29.5 Å². The summed E-state index contributed by atoms with van der Waals surface area (Å²) in [7, 11) is 0. The molecule has 0 aliphatic carbocycles. The molecule has 1 aliphatic rings. The Morgan fingerprint density at radius 1 is 0.923 bits per heavy atom. The molecule has 3 rings (SSSR count). The highest BCUT2D eigenvalue weighted by molar-refractivity contribution is 6.30. The van der Waals surface area contributed by atoms with Gasteiger partial charge in [0.05, 0.1) is 0 Å². The van der Waals surface area contributed by atoms with Gasteiger partial charge in [-0.3, -0.25) is 4.79 Å². The Morgan fingerprint density at radius 3 is 2.15 bits per heavy atom. The maximum atomic E-state index is 12.5. The fraction of sp³-hybridized carbons (Fsp3) is 0.263.